The SMILES string of the molecule is CC(C)CC(CC(C)C)(NCCN=[N+]=[N-])C(N)=O. The van der Waals surface area contributed by atoms with Gasteiger partial charge in [-0.15, -0.1) is 0 Å². The normalized spacial score (nSPS) is 11.7. The molecular formula is C12H25N5O. The molecule has 0 fully saturated rings. The molecule has 0 radical (unpaired) electrons. The standard InChI is InChI=1S/C12H25N5O/c1-9(2)7-12(11(13)18,8-10(3)4)15-5-6-16-17-14/h9-10,15H,5-8H2,1-4H3,(H2,13,18). The topological polar surface area (TPSA) is 104 Å². The highest BCUT2D eigenvalue weighted by molar-refractivity contribution is 5.84. The molecule has 0 bridgehead atoms. The predicted octanol–water partition coefficient (Wildman–Crippen LogP) is 2.20. The van der Waals surface area contributed by atoms with Crippen molar-refractivity contribution in [2.75, 3.05) is 13.1 Å². The molecule has 0 rings (SSSR count). The van der Waals surface area contributed by atoms with Gasteiger partial charge in [0, 0.05) is 18.0 Å². The van der Waals surface area contributed by atoms with E-state index in [-0.39, 0.29) is 5.91 Å². The van der Waals surface area contributed by atoms with Crippen molar-refractivity contribution >= 4 is 5.91 Å². The predicted molar refractivity (Wildman–Crippen MR) is 72.9 cm³/mol. The van der Waals surface area contributed by atoms with E-state index in [9.17, 15) is 4.79 Å². The molecule has 3 N–H and O–H groups in total. The van der Waals surface area contributed by atoms with Gasteiger partial charge in [-0.3, -0.25) is 4.79 Å². The molecule has 0 aromatic heterocycles. The first-order valence-corrected chi connectivity index (χ1v) is 6.40. The summed E-state index contributed by atoms with van der Waals surface area (Å²) >= 11 is 0. The molecule has 0 atom stereocenters. The minimum Gasteiger partial charge on any atom is -0.368 e. The van der Waals surface area contributed by atoms with Crippen molar-refractivity contribution in [3.63, 3.8) is 0 Å². The lowest BCUT2D eigenvalue weighted by molar-refractivity contribution is -0.125. The fourth-order valence-electron chi connectivity index (χ4n) is 2.30. The summed E-state index contributed by atoms with van der Waals surface area (Å²) in [4.78, 5) is 14.5. The van der Waals surface area contributed by atoms with Crippen LogP contribution >= 0.6 is 0 Å². The highest BCUT2D eigenvalue weighted by atomic mass is 16.1. The van der Waals surface area contributed by atoms with Crippen molar-refractivity contribution in [2.45, 2.75) is 46.1 Å². The highest BCUT2D eigenvalue weighted by Gasteiger charge is 2.36. The quantitative estimate of drug-likeness (QED) is 0.285. The second-order valence-corrected chi connectivity index (χ2v) is 5.52. The van der Waals surface area contributed by atoms with Crippen molar-refractivity contribution in [1.82, 2.24) is 5.32 Å². The van der Waals surface area contributed by atoms with Crippen molar-refractivity contribution < 1.29 is 4.79 Å². The number of hydrogen-bond donors (Lipinski definition) is 2. The third kappa shape index (κ3) is 5.89. The molecule has 0 aromatic carbocycles. The maximum absolute atomic E-state index is 11.8. The van der Waals surface area contributed by atoms with Gasteiger partial charge in [-0.1, -0.05) is 32.8 Å². The van der Waals surface area contributed by atoms with E-state index in [0.717, 1.165) is 0 Å². The van der Waals surface area contributed by atoms with E-state index >= 15 is 0 Å². The zero-order valence-electron chi connectivity index (χ0n) is 11.8. The third-order valence-electron chi connectivity index (χ3n) is 2.72. The monoisotopic (exact) mass is 255 g/mol. The molecule has 104 valence electrons. The van der Waals surface area contributed by atoms with Crippen LogP contribution in [0, 0.1) is 11.8 Å². The van der Waals surface area contributed by atoms with Crippen LogP contribution in [0.4, 0.5) is 0 Å². The number of carbonyl (C=O) groups excluding carboxylic acids is 1. The van der Waals surface area contributed by atoms with Crippen LogP contribution in [0.5, 0.6) is 0 Å². The van der Waals surface area contributed by atoms with E-state index in [4.69, 9.17) is 11.3 Å². The van der Waals surface area contributed by atoms with E-state index < -0.39 is 5.54 Å². The van der Waals surface area contributed by atoms with Gasteiger partial charge < -0.3 is 11.1 Å². The summed E-state index contributed by atoms with van der Waals surface area (Å²) in [5, 5.41) is 6.65. The van der Waals surface area contributed by atoms with Gasteiger partial charge in [-0.05, 0) is 30.2 Å². The summed E-state index contributed by atoms with van der Waals surface area (Å²) in [5.74, 6) is 0.400. The van der Waals surface area contributed by atoms with Crippen molar-refractivity contribution in [2.24, 2.45) is 22.7 Å². The Bertz CT molecular complexity index is 298. The second kappa shape index (κ2) is 7.95. The zero-order valence-corrected chi connectivity index (χ0v) is 11.8. The minimum absolute atomic E-state index is 0.321. The lowest BCUT2D eigenvalue weighted by Crippen LogP contribution is -2.57. The minimum atomic E-state index is -0.701. The number of amides is 1. The fourth-order valence-corrected chi connectivity index (χ4v) is 2.30. The van der Waals surface area contributed by atoms with Gasteiger partial charge in [0.2, 0.25) is 5.91 Å². The van der Waals surface area contributed by atoms with Gasteiger partial charge in [0.15, 0.2) is 0 Å². The first-order chi connectivity index (χ1) is 8.34. The Kier molecular flexibility index (Phi) is 7.39. The number of nitrogens with zero attached hydrogens (tertiary/aromatic N) is 3. The molecule has 1 amide bonds. The van der Waals surface area contributed by atoms with Gasteiger partial charge in [0.05, 0.1) is 5.54 Å². The van der Waals surface area contributed by atoms with E-state index in [1.807, 2.05) is 0 Å². The molecule has 6 heteroatoms. The summed E-state index contributed by atoms with van der Waals surface area (Å²) < 4.78 is 0. The number of carbonyl (C=O) groups is 1. The molecule has 0 unspecified atom stereocenters. The molecule has 0 aliphatic rings. The van der Waals surface area contributed by atoms with Crippen molar-refractivity contribution in [1.29, 1.82) is 0 Å². The maximum atomic E-state index is 11.8. The van der Waals surface area contributed by atoms with Gasteiger partial charge in [0.1, 0.15) is 0 Å². The number of rotatable bonds is 9. The third-order valence-corrected chi connectivity index (χ3v) is 2.72. The lowest BCUT2D eigenvalue weighted by Gasteiger charge is -2.35. The second-order valence-electron chi connectivity index (χ2n) is 5.52. The Morgan fingerprint density at radius 3 is 2.17 bits per heavy atom. The van der Waals surface area contributed by atoms with E-state index in [2.05, 4.69) is 43.0 Å². The van der Waals surface area contributed by atoms with Gasteiger partial charge in [-0.25, -0.2) is 0 Å². The summed E-state index contributed by atoms with van der Waals surface area (Å²) in [6.07, 6.45) is 1.38. The fraction of sp³-hybridized carbons (Fsp3) is 0.917. The maximum Gasteiger partial charge on any atom is 0.237 e. The molecule has 0 aliphatic heterocycles. The van der Waals surface area contributed by atoms with Crippen LogP contribution in [0.15, 0.2) is 5.11 Å². The average molecular weight is 255 g/mol. The Morgan fingerprint density at radius 2 is 1.83 bits per heavy atom. The Morgan fingerprint density at radius 1 is 1.33 bits per heavy atom. The molecule has 0 heterocycles. The molecule has 6 nitrogen and oxygen atoms in total. The number of azide groups is 1. The zero-order chi connectivity index (χ0) is 14.2. The molecule has 0 saturated heterocycles. The van der Waals surface area contributed by atoms with Crippen LogP contribution in [0.3, 0.4) is 0 Å². The number of hydrogen-bond acceptors (Lipinski definition) is 3. The van der Waals surface area contributed by atoms with Crippen LogP contribution in [0.25, 0.3) is 10.4 Å². The first kappa shape index (κ1) is 16.7. The number of nitrogens with one attached hydrogen (secondary N) is 1. The van der Waals surface area contributed by atoms with E-state index in [0.29, 0.717) is 37.8 Å². The lowest BCUT2D eigenvalue weighted by atomic mass is 9.81. The Balaban J connectivity index is 4.82. The van der Waals surface area contributed by atoms with Crippen LogP contribution in [-0.2, 0) is 4.79 Å². The molecule has 18 heavy (non-hydrogen) atoms. The molecule has 0 saturated carbocycles. The Hall–Kier alpha value is -1.26. The summed E-state index contributed by atoms with van der Waals surface area (Å²) in [5.41, 5.74) is 13.1. The van der Waals surface area contributed by atoms with Gasteiger partial charge >= 0.3 is 0 Å². The molecular weight excluding hydrogens is 230 g/mol. The van der Waals surface area contributed by atoms with Crippen LogP contribution in [-0.4, -0.2) is 24.5 Å². The van der Waals surface area contributed by atoms with Gasteiger partial charge in [0.25, 0.3) is 0 Å². The summed E-state index contributed by atoms with van der Waals surface area (Å²) in [6.45, 7) is 9.04. The highest BCUT2D eigenvalue weighted by Crippen LogP contribution is 2.24. The van der Waals surface area contributed by atoms with E-state index in [1.165, 1.54) is 0 Å². The van der Waals surface area contributed by atoms with Crippen LogP contribution in [0.1, 0.15) is 40.5 Å². The molecule has 0 aromatic rings. The largest absolute Gasteiger partial charge is 0.368 e. The Labute approximate surface area is 109 Å². The first-order valence-electron chi connectivity index (χ1n) is 6.40. The van der Waals surface area contributed by atoms with Crippen molar-refractivity contribution in [3.8, 4) is 0 Å². The molecule has 0 aliphatic carbocycles. The molecule has 0 spiro atoms. The van der Waals surface area contributed by atoms with Crippen molar-refractivity contribution in [3.05, 3.63) is 10.4 Å². The van der Waals surface area contributed by atoms with Gasteiger partial charge in [-0.2, -0.15) is 0 Å². The number of nitrogens with two attached hydrogens (primary N) is 1. The van der Waals surface area contributed by atoms with Crippen LogP contribution in [0.2, 0.25) is 0 Å². The number of primary amides is 1. The summed E-state index contributed by atoms with van der Waals surface area (Å²) in [6, 6.07) is 0. The van der Waals surface area contributed by atoms with E-state index in [1.54, 1.807) is 0 Å². The summed E-state index contributed by atoms with van der Waals surface area (Å²) in [7, 11) is 0. The smallest absolute Gasteiger partial charge is 0.237 e. The van der Waals surface area contributed by atoms with Crippen LogP contribution < -0.4 is 11.1 Å². The average Bonchev–Trinajstić information content (AvgIpc) is 2.22.